The van der Waals surface area contributed by atoms with Crippen molar-refractivity contribution in [2.24, 2.45) is 0 Å². The molecule has 0 atom stereocenters. The second-order valence-electron chi connectivity index (χ2n) is 15.3. The fourth-order valence-electron chi connectivity index (χ4n) is 5.32. The largest absolute Gasteiger partial charge is 0.398 e. The molecule has 3 aromatic carbocycles. The van der Waals surface area contributed by atoms with Crippen molar-refractivity contribution >= 4 is 49.8 Å². The van der Waals surface area contributed by atoms with Gasteiger partial charge in [-0.2, -0.15) is 14.9 Å². The quantitative estimate of drug-likeness (QED) is 0.0783. The maximum Gasteiger partial charge on any atom is 0.305 e. The van der Waals surface area contributed by atoms with Crippen LogP contribution in [-0.2, 0) is 16.2 Å². The molecule has 3 aromatic heterocycles. The first kappa shape index (κ1) is 37.6. The van der Waals surface area contributed by atoms with E-state index in [0.29, 0.717) is 22.2 Å². The Balaban J connectivity index is 0.000000172. The van der Waals surface area contributed by atoms with Gasteiger partial charge in [-0.25, -0.2) is 0 Å². The Morgan fingerprint density at radius 3 is 1.35 bits per heavy atom. The number of hydrogen-bond acceptors (Lipinski definition) is 7. The van der Waals surface area contributed by atoms with E-state index in [9.17, 15) is 24.6 Å². The molecule has 264 valence electrons. The van der Waals surface area contributed by atoms with E-state index in [-0.39, 0.29) is 32.9 Å². The number of nitro benzene ring substituents is 2. The number of hydrogen-bond donors (Lipinski definition) is 4. The van der Waals surface area contributed by atoms with E-state index in [1.165, 1.54) is 18.2 Å². The summed E-state index contributed by atoms with van der Waals surface area (Å²) in [6.45, 7) is 18.5. The summed E-state index contributed by atoms with van der Waals surface area (Å²) in [7, 11) is 0. The third kappa shape index (κ3) is 7.84. The molecule has 6 rings (SSSR count). The van der Waals surface area contributed by atoms with Crippen molar-refractivity contribution in [2.45, 2.75) is 78.6 Å². The highest BCUT2D eigenvalue weighted by atomic mass is 19.1. The number of aromatic nitrogens is 3. The number of H-pyrrole nitrogens is 3. The molecule has 51 heavy (non-hydrogen) atoms. The third-order valence-corrected chi connectivity index (χ3v) is 8.38. The van der Waals surface area contributed by atoms with Crippen LogP contribution >= 0.6 is 0 Å². The van der Waals surface area contributed by atoms with Crippen molar-refractivity contribution in [1.82, 2.24) is 15.0 Å². The normalized spacial score (nSPS) is 11.7. The zero-order valence-electron chi connectivity index (χ0n) is 30.1. The lowest BCUT2D eigenvalue weighted by atomic mass is 9.92. The molecule has 0 radical (unpaired) electrons. The molecule has 0 unspecified atom stereocenters. The number of halogens is 1. The van der Waals surface area contributed by atoms with Crippen molar-refractivity contribution in [3.63, 3.8) is 0 Å². The van der Waals surface area contributed by atoms with Crippen LogP contribution in [0.1, 0.15) is 90.5 Å². The van der Waals surface area contributed by atoms with Gasteiger partial charge in [0.05, 0.1) is 21.1 Å². The van der Waals surface area contributed by atoms with Gasteiger partial charge < -0.3 is 20.7 Å². The van der Waals surface area contributed by atoms with Crippen LogP contribution in [0, 0.1) is 48.7 Å². The topological polar surface area (TPSA) is 207 Å². The predicted molar refractivity (Wildman–Crippen MR) is 198 cm³/mol. The first-order chi connectivity index (χ1) is 23.6. The molecule has 0 fully saturated rings. The van der Waals surface area contributed by atoms with E-state index in [2.05, 4.69) is 41.8 Å². The molecule has 12 nitrogen and oxygen atoms in total. The van der Waals surface area contributed by atoms with Crippen LogP contribution in [0.2, 0.25) is 0 Å². The molecule has 6 aromatic rings. The average Bonchev–Trinajstić information content (AvgIpc) is 3.77. The lowest BCUT2D eigenvalue weighted by Crippen LogP contribution is -2.10. The Bertz CT molecular complexity index is 2380. The second-order valence-corrected chi connectivity index (χ2v) is 15.3. The first-order valence-corrected chi connectivity index (χ1v) is 16.1. The number of nitrogens with zero attached hydrogens (tertiary/aromatic N) is 4. The highest BCUT2D eigenvalue weighted by Crippen LogP contribution is 2.33. The Morgan fingerprint density at radius 1 is 0.608 bits per heavy atom. The molecule has 3 heterocycles. The summed E-state index contributed by atoms with van der Waals surface area (Å²) >= 11 is 0. The van der Waals surface area contributed by atoms with E-state index >= 15 is 0 Å². The number of nitriles is 2. The van der Waals surface area contributed by atoms with Crippen LogP contribution in [0.25, 0.3) is 32.7 Å². The summed E-state index contributed by atoms with van der Waals surface area (Å²) in [6, 6.07) is 19.0. The lowest BCUT2D eigenvalue weighted by Gasteiger charge is -2.15. The number of anilines is 1. The molecule has 0 aliphatic carbocycles. The molecule has 0 aliphatic rings. The summed E-state index contributed by atoms with van der Waals surface area (Å²) in [4.78, 5) is 29.9. The van der Waals surface area contributed by atoms with Crippen molar-refractivity contribution in [2.75, 3.05) is 5.73 Å². The number of nitrogens with one attached hydrogen (secondary N) is 3. The van der Waals surface area contributed by atoms with E-state index in [1.807, 2.05) is 65.8 Å². The van der Waals surface area contributed by atoms with Gasteiger partial charge in [-0.3, -0.25) is 20.2 Å². The summed E-state index contributed by atoms with van der Waals surface area (Å²) in [5, 5.41) is 41.5. The number of rotatable bonds is 2. The van der Waals surface area contributed by atoms with E-state index < -0.39 is 21.4 Å². The number of fused-ring (bicyclic) bond motifs is 3. The minimum absolute atomic E-state index is 0.0422. The molecular formula is C38H41FN8O4. The Hall–Kier alpha value is -6.21. The van der Waals surface area contributed by atoms with Crippen molar-refractivity contribution < 1.29 is 14.2 Å². The Morgan fingerprint density at radius 2 is 0.961 bits per heavy atom. The van der Waals surface area contributed by atoms with Gasteiger partial charge in [0.15, 0.2) is 0 Å². The minimum atomic E-state index is -0.778. The fraction of sp³-hybridized carbons (Fsp3) is 0.316. The van der Waals surface area contributed by atoms with Gasteiger partial charge in [-0.05, 0) is 42.5 Å². The predicted octanol–water partition coefficient (Wildman–Crippen LogP) is 9.68. The number of nitrogens with two attached hydrogens (primary N) is 1. The average molecular weight is 693 g/mol. The number of nitrogen functional groups attached to an aromatic ring is 1. The smallest absolute Gasteiger partial charge is 0.305 e. The zero-order chi connectivity index (χ0) is 38.2. The molecule has 0 saturated carbocycles. The SMILES string of the molecule is CC(C)(C)c1cc2c(C#N)c(N)ccc2[nH]1.CC(C)(C)c1cc2c(C#N)c([N+](=O)[O-])ccc2[nH]1.CC(C)(C)c1cc2c(F)c([N+](=O)[O-])ccc2[nH]1. The van der Waals surface area contributed by atoms with Gasteiger partial charge in [0.2, 0.25) is 5.82 Å². The van der Waals surface area contributed by atoms with Crippen LogP contribution in [0.15, 0.2) is 54.6 Å². The van der Waals surface area contributed by atoms with Crippen LogP contribution < -0.4 is 5.73 Å². The summed E-state index contributed by atoms with van der Waals surface area (Å²) < 4.78 is 13.9. The van der Waals surface area contributed by atoms with Crippen LogP contribution in [0.4, 0.5) is 21.5 Å². The zero-order valence-corrected chi connectivity index (χ0v) is 30.1. The van der Waals surface area contributed by atoms with Crippen LogP contribution in [-0.4, -0.2) is 24.8 Å². The fourth-order valence-corrected chi connectivity index (χ4v) is 5.32. The van der Waals surface area contributed by atoms with Gasteiger partial charge in [0.25, 0.3) is 5.69 Å². The third-order valence-electron chi connectivity index (χ3n) is 8.38. The lowest BCUT2D eigenvalue weighted by molar-refractivity contribution is -0.387. The Kier molecular flexibility index (Phi) is 10.0. The number of aromatic amines is 3. The molecule has 0 spiro atoms. The summed E-state index contributed by atoms with van der Waals surface area (Å²) in [6.07, 6.45) is 0. The number of benzene rings is 3. The van der Waals surface area contributed by atoms with Gasteiger partial charge in [0.1, 0.15) is 17.7 Å². The van der Waals surface area contributed by atoms with Crippen molar-refractivity contribution in [1.29, 1.82) is 10.5 Å². The highest BCUT2D eigenvalue weighted by Gasteiger charge is 2.24. The summed E-state index contributed by atoms with van der Waals surface area (Å²) in [5.74, 6) is -0.778. The molecular weight excluding hydrogens is 651 g/mol. The van der Waals surface area contributed by atoms with Crippen molar-refractivity contribution in [3.05, 3.63) is 109 Å². The standard InChI is InChI=1S/C13H13N3O2.C13H15N3.C12H13FN2O2/c1-13(2,3)12-6-8-9(7-14)11(16(17)18)5-4-10(8)15-12;1-13(2,3)12-6-8-9(7-14)10(15)4-5-11(8)16-12;1-12(2,3)10-6-7-8(14-10)4-5-9(11(7)13)15(16)17/h4-6,15H,1-3H3;4-6,16H,15H2,1-3H3;4-6,14H,1-3H3. The van der Waals surface area contributed by atoms with Crippen LogP contribution in [0.5, 0.6) is 0 Å². The molecule has 5 N–H and O–H groups in total. The van der Waals surface area contributed by atoms with Gasteiger partial charge in [0, 0.05) is 78.2 Å². The van der Waals surface area contributed by atoms with E-state index in [0.717, 1.165) is 33.5 Å². The summed E-state index contributed by atoms with van der Waals surface area (Å²) in [5.41, 5.74) is 11.4. The maximum absolute atomic E-state index is 13.9. The van der Waals surface area contributed by atoms with Gasteiger partial charge in [-0.15, -0.1) is 0 Å². The maximum atomic E-state index is 13.9. The molecule has 0 saturated heterocycles. The first-order valence-electron chi connectivity index (χ1n) is 16.1. The van der Waals surface area contributed by atoms with Gasteiger partial charge in [-0.1, -0.05) is 62.3 Å². The van der Waals surface area contributed by atoms with E-state index in [4.69, 9.17) is 16.3 Å². The van der Waals surface area contributed by atoms with Crippen molar-refractivity contribution in [3.8, 4) is 12.1 Å². The molecule has 0 amide bonds. The molecule has 0 aliphatic heterocycles. The monoisotopic (exact) mass is 692 g/mol. The highest BCUT2D eigenvalue weighted by molar-refractivity contribution is 5.91. The number of nitro groups is 2. The van der Waals surface area contributed by atoms with Crippen LogP contribution in [0.3, 0.4) is 0 Å². The molecule has 0 bridgehead atoms. The second kappa shape index (κ2) is 13.6. The minimum Gasteiger partial charge on any atom is -0.398 e. The van der Waals surface area contributed by atoms with Gasteiger partial charge >= 0.3 is 5.69 Å². The van der Waals surface area contributed by atoms with E-state index in [1.54, 1.807) is 18.2 Å². The Labute approximate surface area is 294 Å². The molecule has 13 heteroatoms.